The fourth-order valence-corrected chi connectivity index (χ4v) is 5.28. The molecule has 2 fully saturated rings. The maximum Gasteiger partial charge on any atom is 0.332 e. The SMILES string of the molecule is [B]C(=O)N1C[C@H](Oc2cc(-c3ccccc3)nc3cc(OC)ccc23)CC1C(=O)N[C@@]1(C(=O)OCC)CC1C=C. The summed E-state index contributed by atoms with van der Waals surface area (Å²) in [5.41, 5.74) is 1.11. The Hall–Kier alpha value is -4.34. The lowest BCUT2D eigenvalue weighted by atomic mass is 10.1. The van der Waals surface area contributed by atoms with E-state index in [1.807, 2.05) is 54.6 Å². The molecular formula is C30H30BN3O6. The predicted molar refractivity (Wildman–Crippen MR) is 150 cm³/mol. The molecule has 204 valence electrons. The highest BCUT2D eigenvalue weighted by Crippen LogP contribution is 2.45. The lowest BCUT2D eigenvalue weighted by molar-refractivity contribution is -0.149. The highest BCUT2D eigenvalue weighted by atomic mass is 16.5. The number of hydrogen-bond donors (Lipinski definition) is 1. The zero-order valence-electron chi connectivity index (χ0n) is 22.5. The van der Waals surface area contributed by atoms with E-state index in [1.165, 1.54) is 4.90 Å². The smallest absolute Gasteiger partial charge is 0.332 e. The lowest BCUT2D eigenvalue weighted by Crippen LogP contribution is -2.53. The van der Waals surface area contributed by atoms with Crippen LogP contribution in [0, 0.1) is 5.92 Å². The van der Waals surface area contributed by atoms with Crippen LogP contribution in [-0.4, -0.2) is 73.4 Å². The average Bonchev–Trinajstić information content (AvgIpc) is 3.51. The topological polar surface area (TPSA) is 107 Å². The fourth-order valence-electron chi connectivity index (χ4n) is 5.28. The number of amides is 2. The molecule has 9 nitrogen and oxygen atoms in total. The van der Waals surface area contributed by atoms with Crippen molar-refractivity contribution in [3.63, 3.8) is 0 Å². The summed E-state index contributed by atoms with van der Waals surface area (Å²) in [6.07, 6.45) is 1.66. The van der Waals surface area contributed by atoms with Crippen molar-refractivity contribution in [2.45, 2.75) is 37.5 Å². The van der Waals surface area contributed by atoms with E-state index in [-0.39, 0.29) is 25.5 Å². The van der Waals surface area contributed by atoms with E-state index in [0.29, 0.717) is 29.1 Å². The number of methoxy groups -OCH3 is 1. The van der Waals surface area contributed by atoms with Gasteiger partial charge in [-0.3, -0.25) is 9.59 Å². The van der Waals surface area contributed by atoms with Crippen LogP contribution in [0.4, 0.5) is 4.79 Å². The van der Waals surface area contributed by atoms with Crippen LogP contribution in [0.1, 0.15) is 19.8 Å². The van der Waals surface area contributed by atoms with Crippen LogP contribution in [-0.2, 0) is 14.3 Å². The van der Waals surface area contributed by atoms with Gasteiger partial charge in [-0.25, -0.2) is 9.78 Å². The molecule has 1 aliphatic heterocycles. The van der Waals surface area contributed by atoms with Gasteiger partial charge in [0.1, 0.15) is 29.2 Å². The van der Waals surface area contributed by atoms with Crippen LogP contribution in [0.15, 0.2) is 67.3 Å². The number of carbonyl (C=O) groups is 3. The number of esters is 1. The Morgan fingerprint density at radius 2 is 1.98 bits per heavy atom. The molecule has 1 saturated heterocycles. The van der Waals surface area contributed by atoms with Crippen LogP contribution >= 0.6 is 0 Å². The number of benzene rings is 2. The summed E-state index contributed by atoms with van der Waals surface area (Å²) in [6, 6.07) is 16.1. The second-order valence-electron chi connectivity index (χ2n) is 9.96. The monoisotopic (exact) mass is 539 g/mol. The molecule has 4 atom stereocenters. The van der Waals surface area contributed by atoms with E-state index in [9.17, 15) is 14.4 Å². The Balaban J connectivity index is 1.42. The number of nitrogens with zero attached hydrogens (tertiary/aromatic N) is 2. The van der Waals surface area contributed by atoms with Gasteiger partial charge in [-0.15, -0.1) is 6.58 Å². The van der Waals surface area contributed by atoms with Crippen molar-refractivity contribution < 1.29 is 28.6 Å². The molecule has 0 bridgehead atoms. The summed E-state index contributed by atoms with van der Waals surface area (Å²) < 4.78 is 17.0. The molecule has 1 aromatic heterocycles. The Labute approximate surface area is 233 Å². The number of aromatic nitrogens is 1. The summed E-state index contributed by atoms with van der Waals surface area (Å²) in [7, 11) is 7.25. The maximum atomic E-state index is 13.4. The molecule has 2 aromatic carbocycles. The van der Waals surface area contributed by atoms with Crippen LogP contribution in [0.3, 0.4) is 0 Å². The number of ether oxygens (including phenoxy) is 3. The number of fused-ring (bicyclic) bond motifs is 1. The summed E-state index contributed by atoms with van der Waals surface area (Å²) in [5.74, 6) is -0.793. The largest absolute Gasteiger partial charge is 0.497 e. The fraction of sp³-hybridized carbons (Fsp3) is 0.333. The number of pyridine rings is 1. The van der Waals surface area contributed by atoms with Crippen molar-refractivity contribution in [3.05, 3.63) is 67.3 Å². The van der Waals surface area contributed by atoms with Crippen LogP contribution in [0.25, 0.3) is 22.2 Å². The zero-order chi connectivity index (χ0) is 28.4. The minimum absolute atomic E-state index is 0.103. The normalized spacial score (nSPS) is 23.4. The highest BCUT2D eigenvalue weighted by Gasteiger charge is 2.62. The predicted octanol–water partition coefficient (Wildman–Crippen LogP) is 3.64. The number of carbonyl (C=O) groups excluding carboxylic acids is 3. The summed E-state index contributed by atoms with van der Waals surface area (Å²) in [4.78, 5) is 44.5. The van der Waals surface area contributed by atoms with Gasteiger partial charge in [0.05, 0.1) is 31.5 Å². The molecule has 40 heavy (non-hydrogen) atoms. The van der Waals surface area contributed by atoms with Gasteiger partial charge in [0.25, 0.3) is 0 Å². The summed E-state index contributed by atoms with van der Waals surface area (Å²) in [5, 5.41) is 3.58. The molecule has 2 heterocycles. The van der Waals surface area contributed by atoms with Gasteiger partial charge in [0.2, 0.25) is 13.8 Å². The van der Waals surface area contributed by atoms with Gasteiger partial charge >= 0.3 is 5.97 Å². The first-order chi connectivity index (χ1) is 19.3. The molecule has 5 rings (SSSR count). The second-order valence-corrected chi connectivity index (χ2v) is 9.96. The number of rotatable bonds is 9. The molecule has 0 spiro atoms. The summed E-state index contributed by atoms with van der Waals surface area (Å²) >= 11 is 0. The van der Waals surface area contributed by atoms with Gasteiger partial charge in [-0.2, -0.15) is 0 Å². The third kappa shape index (κ3) is 5.13. The van der Waals surface area contributed by atoms with Crippen LogP contribution in [0.5, 0.6) is 11.5 Å². The summed E-state index contributed by atoms with van der Waals surface area (Å²) in [6.45, 7) is 5.75. The minimum Gasteiger partial charge on any atom is -0.497 e. The number of hydrogen-bond acceptors (Lipinski definition) is 7. The molecular weight excluding hydrogens is 509 g/mol. The Morgan fingerprint density at radius 1 is 1.20 bits per heavy atom. The molecule has 2 aliphatic rings. The Kier molecular flexibility index (Phi) is 7.52. The quantitative estimate of drug-likeness (QED) is 0.251. The van der Waals surface area contributed by atoms with Crippen molar-refractivity contribution in [3.8, 4) is 22.8 Å². The zero-order valence-corrected chi connectivity index (χ0v) is 22.5. The molecule has 2 radical (unpaired) electrons. The highest BCUT2D eigenvalue weighted by molar-refractivity contribution is 6.57. The van der Waals surface area contributed by atoms with Crippen LogP contribution < -0.4 is 14.8 Å². The third-order valence-corrected chi connectivity index (χ3v) is 7.48. The minimum atomic E-state index is -1.18. The molecule has 1 aliphatic carbocycles. The van der Waals surface area contributed by atoms with Gasteiger partial charge in [-0.05, 0) is 25.5 Å². The first-order valence-corrected chi connectivity index (χ1v) is 13.2. The van der Waals surface area contributed by atoms with E-state index in [1.54, 1.807) is 20.1 Å². The maximum absolute atomic E-state index is 13.4. The van der Waals surface area contributed by atoms with E-state index in [0.717, 1.165) is 10.9 Å². The first kappa shape index (κ1) is 27.2. The van der Waals surface area contributed by atoms with Crippen molar-refractivity contribution in [1.82, 2.24) is 15.2 Å². The van der Waals surface area contributed by atoms with E-state index in [2.05, 4.69) is 11.9 Å². The van der Waals surface area contributed by atoms with Gasteiger partial charge < -0.3 is 24.4 Å². The number of nitrogens with one attached hydrogen (secondary N) is 1. The van der Waals surface area contributed by atoms with Crippen molar-refractivity contribution in [1.29, 1.82) is 0 Å². The van der Waals surface area contributed by atoms with E-state index < -0.39 is 35.4 Å². The molecule has 1 N–H and O–H groups in total. The van der Waals surface area contributed by atoms with Gasteiger partial charge in [0.15, 0.2) is 5.81 Å². The molecule has 2 unspecified atom stereocenters. The van der Waals surface area contributed by atoms with E-state index >= 15 is 0 Å². The Bertz CT molecular complexity index is 1460. The average molecular weight is 539 g/mol. The van der Waals surface area contributed by atoms with Gasteiger partial charge in [0, 0.05) is 35.4 Å². The third-order valence-electron chi connectivity index (χ3n) is 7.48. The molecule has 3 aromatic rings. The van der Waals surface area contributed by atoms with Crippen molar-refractivity contribution in [2.24, 2.45) is 5.92 Å². The molecule has 2 amide bonds. The van der Waals surface area contributed by atoms with E-state index in [4.69, 9.17) is 27.0 Å². The molecule has 10 heteroatoms. The standard InChI is InChI=1S/C30H30BN3O6/c1-4-19-16-30(19,28(36)39-5-2)33-27(35)25-14-21(17-34(25)29(31)37)40-26-15-23(18-9-7-6-8-10-18)32-24-13-20(38-3)11-12-22(24)26/h4,6-13,15,19,21,25H,1,5,14,16-17H2,2-3H3,(H,33,35)/t19?,21-,25?,30+/m1/s1. The second kappa shape index (κ2) is 11.0. The first-order valence-electron chi connectivity index (χ1n) is 13.2. The van der Waals surface area contributed by atoms with Crippen molar-refractivity contribution in [2.75, 3.05) is 20.3 Å². The van der Waals surface area contributed by atoms with Crippen molar-refractivity contribution >= 4 is 36.4 Å². The van der Waals surface area contributed by atoms with Gasteiger partial charge in [-0.1, -0.05) is 36.4 Å². The van der Waals surface area contributed by atoms with Crippen LogP contribution in [0.2, 0.25) is 0 Å². The molecule has 1 saturated carbocycles. The lowest BCUT2D eigenvalue weighted by Gasteiger charge is -2.25. The Morgan fingerprint density at radius 3 is 2.62 bits per heavy atom. The number of likely N-dealkylation sites (tertiary alicyclic amines) is 1.